The number of ether oxygens (including phenoxy) is 1. The predicted molar refractivity (Wildman–Crippen MR) is 81.3 cm³/mol. The van der Waals surface area contributed by atoms with Gasteiger partial charge in [0, 0.05) is 0 Å². The second-order valence-corrected chi connectivity index (χ2v) is 6.60. The smallest absolute Gasteiger partial charge is 0.120 e. The maximum Gasteiger partial charge on any atom is 0.120 e. The molecule has 0 atom stereocenters. The Balaban J connectivity index is 0.00000137. The molecule has 0 fully saturated rings. The summed E-state index contributed by atoms with van der Waals surface area (Å²) in [5, 5.41) is 0. The Labute approximate surface area is 114 Å². The topological polar surface area (TPSA) is 9.23 Å². The van der Waals surface area contributed by atoms with Gasteiger partial charge >= 0.3 is 0 Å². The third-order valence-electron chi connectivity index (χ3n) is 2.08. The largest absolute Gasteiger partial charge is 0.488 e. The zero-order chi connectivity index (χ0) is 14.4. The highest BCUT2D eigenvalue weighted by atomic mass is 16.5. The molecule has 0 saturated heterocycles. The molecule has 1 aromatic rings. The third-order valence-corrected chi connectivity index (χ3v) is 2.08. The van der Waals surface area contributed by atoms with E-state index in [1.807, 2.05) is 13.8 Å². The van der Waals surface area contributed by atoms with E-state index in [-0.39, 0.29) is 5.60 Å². The Morgan fingerprint density at radius 3 is 1.61 bits per heavy atom. The average Bonchev–Trinajstić information content (AvgIpc) is 2.20. The monoisotopic (exact) mass is 250 g/mol. The molecule has 0 spiro atoms. The van der Waals surface area contributed by atoms with Crippen LogP contribution in [0.3, 0.4) is 0 Å². The lowest BCUT2D eigenvalue weighted by Crippen LogP contribution is -2.22. The lowest BCUT2D eigenvalue weighted by Gasteiger charge is -2.22. The van der Waals surface area contributed by atoms with E-state index in [9.17, 15) is 0 Å². The van der Waals surface area contributed by atoms with Crippen LogP contribution in [0.2, 0.25) is 0 Å². The minimum atomic E-state index is -0.120. The molecule has 0 aliphatic carbocycles. The van der Waals surface area contributed by atoms with Crippen molar-refractivity contribution in [2.45, 2.75) is 67.4 Å². The van der Waals surface area contributed by atoms with E-state index >= 15 is 0 Å². The van der Waals surface area contributed by atoms with Crippen LogP contribution in [-0.4, -0.2) is 5.60 Å². The highest BCUT2D eigenvalue weighted by Crippen LogP contribution is 2.23. The van der Waals surface area contributed by atoms with Crippen molar-refractivity contribution in [2.75, 3.05) is 0 Å². The summed E-state index contributed by atoms with van der Waals surface area (Å²) >= 11 is 0. The van der Waals surface area contributed by atoms with Crippen LogP contribution in [0.1, 0.15) is 61.0 Å². The summed E-state index contributed by atoms with van der Waals surface area (Å²) in [6.07, 6.45) is 1.10. The zero-order valence-corrected chi connectivity index (χ0v) is 13.4. The standard InChI is InChI=1S/C15H24O.C2H6/c1-14(2,3)11-12-7-9-13(10-8-12)16-15(4,5)6;1-2/h7-10H,11H2,1-6H3;1-2H3. The van der Waals surface area contributed by atoms with Crippen LogP contribution >= 0.6 is 0 Å². The lowest BCUT2D eigenvalue weighted by molar-refractivity contribution is 0.131. The van der Waals surface area contributed by atoms with Crippen LogP contribution in [0, 0.1) is 5.41 Å². The SMILES string of the molecule is CC.CC(C)(C)Cc1ccc(OC(C)(C)C)cc1. The Morgan fingerprint density at radius 1 is 0.833 bits per heavy atom. The number of hydrogen-bond donors (Lipinski definition) is 0. The van der Waals surface area contributed by atoms with Crippen LogP contribution in [-0.2, 0) is 6.42 Å². The van der Waals surface area contributed by atoms with Crippen LogP contribution < -0.4 is 4.74 Å². The van der Waals surface area contributed by atoms with E-state index in [4.69, 9.17) is 4.74 Å². The van der Waals surface area contributed by atoms with Crippen LogP contribution in [0.4, 0.5) is 0 Å². The summed E-state index contributed by atoms with van der Waals surface area (Å²) in [4.78, 5) is 0. The summed E-state index contributed by atoms with van der Waals surface area (Å²) in [6, 6.07) is 8.44. The minimum absolute atomic E-state index is 0.120. The predicted octanol–water partition coefficient (Wildman–Crippen LogP) is 5.48. The van der Waals surface area contributed by atoms with Gasteiger partial charge in [0.1, 0.15) is 11.4 Å². The van der Waals surface area contributed by atoms with Crippen LogP contribution in [0.25, 0.3) is 0 Å². The van der Waals surface area contributed by atoms with Crippen molar-refractivity contribution >= 4 is 0 Å². The fraction of sp³-hybridized carbons (Fsp3) is 0.647. The van der Waals surface area contributed by atoms with E-state index in [1.165, 1.54) is 5.56 Å². The number of benzene rings is 1. The number of rotatable bonds is 2. The van der Waals surface area contributed by atoms with E-state index in [0.29, 0.717) is 5.41 Å². The van der Waals surface area contributed by atoms with Crippen molar-refractivity contribution in [2.24, 2.45) is 5.41 Å². The van der Waals surface area contributed by atoms with E-state index in [2.05, 4.69) is 65.8 Å². The Kier molecular flexibility index (Phi) is 6.45. The Bertz CT molecular complexity index is 287. The van der Waals surface area contributed by atoms with Crippen LogP contribution in [0.5, 0.6) is 5.75 Å². The van der Waals surface area contributed by atoms with Gasteiger partial charge < -0.3 is 4.74 Å². The van der Waals surface area contributed by atoms with Gasteiger partial charge in [-0.2, -0.15) is 0 Å². The first kappa shape index (κ1) is 17.0. The van der Waals surface area contributed by atoms with E-state index < -0.39 is 0 Å². The molecular formula is C17H30O. The van der Waals surface area contributed by atoms with Gasteiger partial charge in [-0.05, 0) is 50.3 Å². The molecule has 18 heavy (non-hydrogen) atoms. The van der Waals surface area contributed by atoms with Crippen molar-refractivity contribution in [1.29, 1.82) is 0 Å². The molecule has 0 N–H and O–H groups in total. The van der Waals surface area contributed by atoms with Crippen molar-refractivity contribution in [3.63, 3.8) is 0 Å². The number of hydrogen-bond acceptors (Lipinski definition) is 1. The van der Waals surface area contributed by atoms with Gasteiger partial charge in [-0.15, -0.1) is 0 Å². The van der Waals surface area contributed by atoms with Crippen LogP contribution in [0.15, 0.2) is 24.3 Å². The molecule has 1 heteroatoms. The summed E-state index contributed by atoms with van der Waals surface area (Å²) in [5.74, 6) is 0.949. The molecule has 0 bridgehead atoms. The van der Waals surface area contributed by atoms with Crippen molar-refractivity contribution < 1.29 is 4.74 Å². The molecule has 0 aliphatic rings. The van der Waals surface area contributed by atoms with Gasteiger partial charge in [0.15, 0.2) is 0 Å². The second kappa shape index (κ2) is 6.82. The molecular weight excluding hydrogens is 220 g/mol. The first-order valence-corrected chi connectivity index (χ1v) is 6.94. The Hall–Kier alpha value is -0.980. The molecule has 0 heterocycles. The maximum absolute atomic E-state index is 5.79. The van der Waals surface area contributed by atoms with Gasteiger partial charge in [-0.1, -0.05) is 46.8 Å². The summed E-state index contributed by atoms with van der Waals surface area (Å²) in [7, 11) is 0. The zero-order valence-electron chi connectivity index (χ0n) is 13.4. The molecule has 0 aliphatic heterocycles. The minimum Gasteiger partial charge on any atom is -0.488 e. The van der Waals surface area contributed by atoms with Gasteiger partial charge in [0.2, 0.25) is 0 Å². The summed E-state index contributed by atoms with van der Waals surface area (Å²) in [5.41, 5.74) is 1.59. The molecule has 104 valence electrons. The fourth-order valence-corrected chi connectivity index (χ4v) is 1.64. The third kappa shape index (κ3) is 8.16. The molecule has 0 amide bonds. The summed E-state index contributed by atoms with van der Waals surface area (Å²) in [6.45, 7) is 17.0. The molecule has 0 saturated carbocycles. The molecule has 0 unspecified atom stereocenters. The van der Waals surface area contributed by atoms with Crippen molar-refractivity contribution in [1.82, 2.24) is 0 Å². The fourth-order valence-electron chi connectivity index (χ4n) is 1.64. The molecule has 0 radical (unpaired) electrons. The average molecular weight is 250 g/mol. The van der Waals surface area contributed by atoms with Gasteiger partial charge in [-0.3, -0.25) is 0 Å². The quantitative estimate of drug-likeness (QED) is 0.675. The second-order valence-electron chi connectivity index (χ2n) is 6.60. The maximum atomic E-state index is 5.79. The highest BCUT2D eigenvalue weighted by Gasteiger charge is 2.13. The molecule has 1 nitrogen and oxygen atoms in total. The van der Waals surface area contributed by atoms with E-state index in [1.54, 1.807) is 0 Å². The molecule has 1 rings (SSSR count). The van der Waals surface area contributed by atoms with Gasteiger partial charge in [-0.25, -0.2) is 0 Å². The first-order valence-electron chi connectivity index (χ1n) is 6.94. The molecule has 1 aromatic carbocycles. The van der Waals surface area contributed by atoms with Gasteiger partial charge in [0.25, 0.3) is 0 Å². The molecule has 0 aromatic heterocycles. The van der Waals surface area contributed by atoms with Crippen molar-refractivity contribution in [3.8, 4) is 5.75 Å². The highest BCUT2D eigenvalue weighted by molar-refractivity contribution is 5.28. The Morgan fingerprint density at radius 2 is 1.28 bits per heavy atom. The van der Waals surface area contributed by atoms with E-state index in [0.717, 1.165) is 12.2 Å². The normalized spacial score (nSPS) is 11.6. The first-order chi connectivity index (χ1) is 8.16. The van der Waals surface area contributed by atoms with Gasteiger partial charge in [0.05, 0.1) is 0 Å². The van der Waals surface area contributed by atoms with Crippen molar-refractivity contribution in [3.05, 3.63) is 29.8 Å². The summed E-state index contributed by atoms with van der Waals surface area (Å²) < 4.78 is 5.79. The lowest BCUT2D eigenvalue weighted by atomic mass is 9.88.